The molecule has 1 aromatic carbocycles. The van der Waals surface area contributed by atoms with E-state index in [9.17, 15) is 0 Å². The molecule has 0 atom stereocenters. The van der Waals surface area contributed by atoms with E-state index < -0.39 is 0 Å². The molecule has 3 heteroatoms. The molecule has 19 heavy (non-hydrogen) atoms. The third kappa shape index (κ3) is 4.53. The number of aryl methyl sites for hydroxylation is 1. The van der Waals surface area contributed by atoms with Crippen molar-refractivity contribution in [3.63, 3.8) is 0 Å². The van der Waals surface area contributed by atoms with Gasteiger partial charge < -0.3 is 4.74 Å². The van der Waals surface area contributed by atoms with Gasteiger partial charge in [-0.1, -0.05) is 30.3 Å². The summed E-state index contributed by atoms with van der Waals surface area (Å²) in [4.78, 5) is 3.93. The second kappa shape index (κ2) is 7.30. The number of ether oxygens (including phenoxy) is 1. The Morgan fingerprint density at radius 3 is 2.74 bits per heavy atom. The standard InChI is InChI=1S/C16H16N2O/c17-12-16-11-15(8-9-18-16)13-19-10-4-7-14-5-2-1-3-6-14/h1-3,5-6,8-9,11H,4,7,10,13H2. The van der Waals surface area contributed by atoms with Crippen LogP contribution in [0, 0.1) is 11.3 Å². The van der Waals surface area contributed by atoms with E-state index in [-0.39, 0.29) is 0 Å². The first-order valence-electron chi connectivity index (χ1n) is 6.35. The number of aromatic nitrogens is 1. The molecule has 3 nitrogen and oxygen atoms in total. The molecule has 1 aromatic heterocycles. The lowest BCUT2D eigenvalue weighted by Crippen LogP contribution is -1.98. The number of nitrogens with zero attached hydrogens (tertiary/aromatic N) is 2. The molecule has 0 aliphatic heterocycles. The van der Waals surface area contributed by atoms with Gasteiger partial charge >= 0.3 is 0 Å². The highest BCUT2D eigenvalue weighted by molar-refractivity contribution is 5.24. The van der Waals surface area contributed by atoms with Crippen molar-refractivity contribution in [2.24, 2.45) is 0 Å². The summed E-state index contributed by atoms with van der Waals surface area (Å²) in [5, 5.41) is 8.74. The topological polar surface area (TPSA) is 45.9 Å². The van der Waals surface area contributed by atoms with E-state index in [0.717, 1.165) is 25.0 Å². The van der Waals surface area contributed by atoms with Gasteiger partial charge in [-0.2, -0.15) is 5.26 Å². The average Bonchev–Trinajstić information content (AvgIpc) is 2.48. The van der Waals surface area contributed by atoms with Crippen molar-refractivity contribution in [2.45, 2.75) is 19.4 Å². The number of rotatable bonds is 6. The highest BCUT2D eigenvalue weighted by Crippen LogP contribution is 2.05. The third-order valence-corrected chi connectivity index (χ3v) is 2.80. The van der Waals surface area contributed by atoms with E-state index in [0.29, 0.717) is 12.3 Å². The second-order valence-corrected chi connectivity index (χ2v) is 4.30. The van der Waals surface area contributed by atoms with E-state index in [1.165, 1.54) is 5.56 Å². The van der Waals surface area contributed by atoms with E-state index in [4.69, 9.17) is 10.00 Å². The normalized spacial score (nSPS) is 10.1. The minimum absolute atomic E-state index is 0.436. The van der Waals surface area contributed by atoms with Crippen molar-refractivity contribution in [1.82, 2.24) is 4.98 Å². The highest BCUT2D eigenvalue weighted by atomic mass is 16.5. The monoisotopic (exact) mass is 252 g/mol. The molecule has 0 radical (unpaired) electrons. The lowest BCUT2D eigenvalue weighted by Gasteiger charge is -2.04. The first-order valence-corrected chi connectivity index (χ1v) is 6.35. The van der Waals surface area contributed by atoms with Gasteiger partial charge in [-0.05, 0) is 36.1 Å². The van der Waals surface area contributed by atoms with Crippen LogP contribution in [0.4, 0.5) is 0 Å². The van der Waals surface area contributed by atoms with Crippen molar-refractivity contribution in [2.75, 3.05) is 6.61 Å². The zero-order chi connectivity index (χ0) is 13.3. The summed E-state index contributed by atoms with van der Waals surface area (Å²) in [6.45, 7) is 1.26. The van der Waals surface area contributed by atoms with Crippen LogP contribution in [0.2, 0.25) is 0 Å². The van der Waals surface area contributed by atoms with Crippen LogP contribution in [0.25, 0.3) is 0 Å². The van der Waals surface area contributed by atoms with Crippen molar-refractivity contribution in [3.8, 4) is 6.07 Å². The molecule has 0 aliphatic rings. The molecule has 0 bridgehead atoms. The fraction of sp³-hybridized carbons (Fsp3) is 0.250. The maximum absolute atomic E-state index is 8.74. The third-order valence-electron chi connectivity index (χ3n) is 2.80. The summed E-state index contributed by atoms with van der Waals surface area (Å²) in [6, 6.07) is 16.0. The first kappa shape index (κ1) is 13.3. The zero-order valence-corrected chi connectivity index (χ0v) is 10.7. The van der Waals surface area contributed by atoms with Crippen LogP contribution in [-0.4, -0.2) is 11.6 Å². The van der Waals surface area contributed by atoms with Gasteiger partial charge in [0.05, 0.1) is 6.61 Å². The molecule has 1 heterocycles. The van der Waals surface area contributed by atoms with Gasteiger partial charge in [0.1, 0.15) is 11.8 Å². The molecular weight excluding hydrogens is 236 g/mol. The predicted molar refractivity (Wildman–Crippen MR) is 73.4 cm³/mol. The molecule has 0 aliphatic carbocycles. The number of hydrogen-bond acceptors (Lipinski definition) is 3. The quantitative estimate of drug-likeness (QED) is 0.742. The Labute approximate surface area is 113 Å². The summed E-state index contributed by atoms with van der Waals surface area (Å²) in [6.07, 6.45) is 3.67. The van der Waals surface area contributed by atoms with Crippen molar-refractivity contribution >= 4 is 0 Å². The molecule has 0 saturated heterocycles. The second-order valence-electron chi connectivity index (χ2n) is 4.30. The van der Waals surface area contributed by atoms with Gasteiger partial charge in [-0.15, -0.1) is 0 Å². The zero-order valence-electron chi connectivity index (χ0n) is 10.7. The summed E-state index contributed by atoms with van der Waals surface area (Å²) in [7, 11) is 0. The van der Waals surface area contributed by atoms with Gasteiger partial charge in [0, 0.05) is 12.8 Å². The van der Waals surface area contributed by atoms with Gasteiger partial charge in [0.15, 0.2) is 0 Å². The van der Waals surface area contributed by atoms with E-state index in [2.05, 4.69) is 29.2 Å². The minimum Gasteiger partial charge on any atom is -0.377 e. The van der Waals surface area contributed by atoms with Gasteiger partial charge in [-0.3, -0.25) is 0 Å². The maximum atomic E-state index is 8.74. The molecule has 2 aromatic rings. The predicted octanol–water partition coefficient (Wildman–Crippen LogP) is 3.10. The average molecular weight is 252 g/mol. The molecule has 0 saturated carbocycles. The Morgan fingerprint density at radius 1 is 1.11 bits per heavy atom. The maximum Gasteiger partial charge on any atom is 0.140 e. The molecule has 0 spiro atoms. The largest absolute Gasteiger partial charge is 0.377 e. The molecular formula is C16H16N2O. The van der Waals surface area contributed by atoms with Crippen LogP contribution in [-0.2, 0) is 17.8 Å². The molecule has 0 N–H and O–H groups in total. The van der Waals surface area contributed by atoms with Crippen LogP contribution < -0.4 is 0 Å². The lowest BCUT2D eigenvalue weighted by molar-refractivity contribution is 0.118. The Bertz CT molecular complexity index is 546. The number of nitriles is 1. The fourth-order valence-corrected chi connectivity index (χ4v) is 1.84. The van der Waals surface area contributed by atoms with Crippen molar-refractivity contribution < 1.29 is 4.74 Å². The fourth-order valence-electron chi connectivity index (χ4n) is 1.84. The van der Waals surface area contributed by atoms with Crippen LogP contribution >= 0.6 is 0 Å². The van der Waals surface area contributed by atoms with E-state index in [1.54, 1.807) is 12.3 Å². The SMILES string of the molecule is N#Cc1cc(COCCCc2ccccc2)ccn1. The first-order chi connectivity index (χ1) is 9.38. The molecule has 0 amide bonds. The number of pyridine rings is 1. The van der Waals surface area contributed by atoms with Gasteiger partial charge in [0.25, 0.3) is 0 Å². The van der Waals surface area contributed by atoms with Crippen molar-refractivity contribution in [1.29, 1.82) is 5.26 Å². The Morgan fingerprint density at radius 2 is 1.95 bits per heavy atom. The van der Waals surface area contributed by atoms with E-state index >= 15 is 0 Å². The van der Waals surface area contributed by atoms with Gasteiger partial charge in [0.2, 0.25) is 0 Å². The van der Waals surface area contributed by atoms with Crippen LogP contribution in [0.1, 0.15) is 23.2 Å². The molecule has 0 unspecified atom stereocenters. The van der Waals surface area contributed by atoms with Gasteiger partial charge in [-0.25, -0.2) is 4.98 Å². The summed E-state index contributed by atoms with van der Waals surface area (Å²) in [5.74, 6) is 0. The summed E-state index contributed by atoms with van der Waals surface area (Å²) >= 11 is 0. The number of hydrogen-bond donors (Lipinski definition) is 0. The Hall–Kier alpha value is -2.18. The summed E-state index contributed by atoms with van der Waals surface area (Å²) in [5.41, 5.74) is 2.76. The van der Waals surface area contributed by atoms with Crippen LogP contribution in [0.5, 0.6) is 0 Å². The van der Waals surface area contributed by atoms with E-state index in [1.807, 2.05) is 18.2 Å². The Kier molecular flexibility index (Phi) is 5.09. The number of benzene rings is 1. The highest BCUT2D eigenvalue weighted by Gasteiger charge is 1.97. The molecule has 0 fully saturated rings. The Balaban J connectivity index is 1.68. The molecule has 96 valence electrons. The molecule has 2 rings (SSSR count). The lowest BCUT2D eigenvalue weighted by atomic mass is 10.1. The minimum atomic E-state index is 0.436. The smallest absolute Gasteiger partial charge is 0.140 e. The van der Waals surface area contributed by atoms with Crippen LogP contribution in [0.3, 0.4) is 0 Å². The summed E-state index contributed by atoms with van der Waals surface area (Å²) < 4.78 is 5.60. The van der Waals surface area contributed by atoms with Crippen LogP contribution in [0.15, 0.2) is 48.7 Å². The van der Waals surface area contributed by atoms with Crippen molar-refractivity contribution in [3.05, 3.63) is 65.5 Å².